The van der Waals surface area contributed by atoms with Gasteiger partial charge in [0.05, 0.1) is 18.0 Å². The van der Waals surface area contributed by atoms with Gasteiger partial charge in [0.1, 0.15) is 11.5 Å². The van der Waals surface area contributed by atoms with Gasteiger partial charge >= 0.3 is 0 Å². The van der Waals surface area contributed by atoms with Gasteiger partial charge in [0.25, 0.3) is 0 Å². The number of ether oxygens (including phenoxy) is 1. The maximum absolute atomic E-state index is 10.9. The fourth-order valence-electron chi connectivity index (χ4n) is 1.90. The summed E-state index contributed by atoms with van der Waals surface area (Å²) in [5, 5.41) is 12.5. The minimum atomic E-state index is -0.162. The molecule has 0 fully saturated rings. The Morgan fingerprint density at radius 1 is 1.35 bits per heavy atom. The van der Waals surface area contributed by atoms with Crippen LogP contribution in [-0.2, 0) is 4.79 Å². The number of hydrogen-bond acceptors (Lipinski definition) is 4. The predicted octanol–water partition coefficient (Wildman–Crippen LogP) is 2.17. The van der Waals surface area contributed by atoms with Crippen molar-refractivity contribution < 1.29 is 14.6 Å². The van der Waals surface area contributed by atoms with Crippen LogP contribution in [0.2, 0.25) is 0 Å². The molecule has 0 unspecified atom stereocenters. The first-order valence-electron chi connectivity index (χ1n) is 6.67. The largest absolute Gasteiger partial charge is 0.506 e. The Labute approximate surface area is 119 Å². The van der Waals surface area contributed by atoms with Crippen LogP contribution in [0.5, 0.6) is 11.5 Å². The van der Waals surface area contributed by atoms with Crippen LogP contribution in [0.25, 0.3) is 0 Å². The smallest absolute Gasteiger partial charge is 0.243 e. The quantitative estimate of drug-likeness (QED) is 0.592. The molecule has 2 N–H and O–H groups in total. The Balaban J connectivity index is 2.41. The number of carbonyl (C=O) groups excluding carboxylic acids is 1. The molecule has 0 saturated carbocycles. The number of rotatable bonds is 7. The fraction of sp³-hybridized carbons (Fsp3) is 0.467. The van der Waals surface area contributed by atoms with Crippen LogP contribution in [-0.4, -0.2) is 29.1 Å². The van der Waals surface area contributed by atoms with E-state index in [1.165, 1.54) is 6.08 Å². The summed E-state index contributed by atoms with van der Waals surface area (Å²) in [6.45, 7) is 9.95. The zero-order chi connectivity index (χ0) is 15.1. The summed E-state index contributed by atoms with van der Waals surface area (Å²) in [6.07, 6.45) is 2.89. The van der Waals surface area contributed by atoms with E-state index in [0.29, 0.717) is 24.6 Å². The molecule has 5 nitrogen and oxygen atoms in total. The van der Waals surface area contributed by atoms with Crippen LogP contribution >= 0.6 is 0 Å². The number of hydrogen-bond donors (Lipinski definition) is 2. The number of aryl methyl sites for hydroxylation is 2. The third-order valence-corrected chi connectivity index (χ3v) is 3.00. The van der Waals surface area contributed by atoms with Crippen molar-refractivity contribution in [3.05, 3.63) is 29.6 Å². The zero-order valence-electron chi connectivity index (χ0n) is 12.3. The van der Waals surface area contributed by atoms with E-state index >= 15 is 0 Å². The van der Waals surface area contributed by atoms with E-state index < -0.39 is 0 Å². The van der Waals surface area contributed by atoms with Gasteiger partial charge in [-0.2, -0.15) is 0 Å². The van der Waals surface area contributed by atoms with E-state index in [-0.39, 0.29) is 11.7 Å². The summed E-state index contributed by atoms with van der Waals surface area (Å²) >= 11 is 0. The van der Waals surface area contributed by atoms with E-state index in [2.05, 4.69) is 16.9 Å². The Hall–Kier alpha value is -2.04. The molecule has 0 atom stereocenters. The minimum absolute atomic E-state index is 0.162. The van der Waals surface area contributed by atoms with Gasteiger partial charge in [-0.05, 0) is 39.7 Å². The molecule has 1 aromatic rings. The van der Waals surface area contributed by atoms with Crippen LogP contribution in [0.4, 0.5) is 0 Å². The van der Waals surface area contributed by atoms with Gasteiger partial charge in [-0.3, -0.25) is 9.78 Å². The Bertz CT molecular complexity index is 498. The zero-order valence-corrected chi connectivity index (χ0v) is 12.3. The lowest BCUT2D eigenvalue weighted by molar-refractivity contribution is -0.116. The Kier molecular flexibility index (Phi) is 6.03. The highest BCUT2D eigenvalue weighted by molar-refractivity contribution is 5.86. The van der Waals surface area contributed by atoms with Gasteiger partial charge in [0.2, 0.25) is 5.91 Å². The lowest BCUT2D eigenvalue weighted by Crippen LogP contribution is -2.22. The minimum Gasteiger partial charge on any atom is -0.506 e. The second-order valence-corrected chi connectivity index (χ2v) is 4.64. The van der Waals surface area contributed by atoms with E-state index in [9.17, 15) is 9.90 Å². The molecule has 20 heavy (non-hydrogen) atoms. The molecule has 0 spiro atoms. The van der Waals surface area contributed by atoms with Crippen molar-refractivity contribution in [1.82, 2.24) is 10.3 Å². The first-order valence-corrected chi connectivity index (χ1v) is 6.67. The third-order valence-electron chi connectivity index (χ3n) is 3.00. The number of amides is 1. The van der Waals surface area contributed by atoms with E-state index in [1.807, 2.05) is 13.8 Å². The molecule has 0 bridgehead atoms. The van der Waals surface area contributed by atoms with Crippen molar-refractivity contribution in [2.75, 3.05) is 13.2 Å². The summed E-state index contributed by atoms with van der Waals surface area (Å²) in [7, 11) is 0. The van der Waals surface area contributed by atoms with Gasteiger partial charge < -0.3 is 15.2 Å². The number of pyridine rings is 1. The fourth-order valence-corrected chi connectivity index (χ4v) is 1.90. The molecule has 0 aliphatic carbocycles. The summed E-state index contributed by atoms with van der Waals surface area (Å²) in [5.74, 6) is 0.664. The van der Waals surface area contributed by atoms with Crippen molar-refractivity contribution in [1.29, 1.82) is 0 Å². The molecule has 0 saturated heterocycles. The van der Waals surface area contributed by atoms with Crippen LogP contribution in [0.3, 0.4) is 0 Å². The van der Waals surface area contributed by atoms with Gasteiger partial charge in [-0.15, -0.1) is 0 Å². The van der Waals surface area contributed by atoms with E-state index in [4.69, 9.17) is 4.74 Å². The number of unbranched alkanes of at least 4 members (excludes halogenated alkanes) is 1. The molecule has 0 aromatic carbocycles. The monoisotopic (exact) mass is 278 g/mol. The van der Waals surface area contributed by atoms with Crippen molar-refractivity contribution in [3.63, 3.8) is 0 Å². The van der Waals surface area contributed by atoms with Crippen molar-refractivity contribution in [3.8, 4) is 11.5 Å². The average Bonchev–Trinajstić information content (AvgIpc) is 2.42. The molecular weight excluding hydrogens is 256 g/mol. The van der Waals surface area contributed by atoms with E-state index in [0.717, 1.165) is 24.1 Å². The summed E-state index contributed by atoms with van der Waals surface area (Å²) < 4.78 is 5.68. The van der Waals surface area contributed by atoms with Crippen LogP contribution in [0.15, 0.2) is 12.7 Å². The predicted molar refractivity (Wildman–Crippen MR) is 78.0 cm³/mol. The highest BCUT2D eigenvalue weighted by atomic mass is 16.5. The van der Waals surface area contributed by atoms with Crippen LogP contribution in [0.1, 0.15) is 29.8 Å². The lowest BCUT2D eigenvalue weighted by atomic mass is 10.1. The lowest BCUT2D eigenvalue weighted by Gasteiger charge is -2.14. The molecular formula is C15H22N2O3. The molecule has 0 aliphatic rings. The second kappa shape index (κ2) is 7.53. The average molecular weight is 278 g/mol. The number of nitrogens with zero attached hydrogens (tertiary/aromatic N) is 1. The normalized spacial score (nSPS) is 10.2. The van der Waals surface area contributed by atoms with Crippen molar-refractivity contribution in [2.45, 2.75) is 33.6 Å². The molecule has 5 heteroatoms. The Morgan fingerprint density at radius 3 is 2.70 bits per heavy atom. The molecule has 0 radical (unpaired) electrons. The molecule has 1 amide bonds. The summed E-state index contributed by atoms with van der Waals surface area (Å²) in [4.78, 5) is 15.2. The maximum Gasteiger partial charge on any atom is 0.243 e. The van der Waals surface area contributed by atoms with Gasteiger partial charge in [0.15, 0.2) is 0 Å². The van der Waals surface area contributed by atoms with E-state index in [1.54, 1.807) is 6.92 Å². The van der Waals surface area contributed by atoms with Crippen LogP contribution < -0.4 is 10.1 Å². The highest BCUT2D eigenvalue weighted by Gasteiger charge is 2.12. The first kappa shape index (κ1) is 16.0. The number of aromatic nitrogens is 1. The highest BCUT2D eigenvalue weighted by Crippen LogP contribution is 2.31. The molecule has 1 heterocycles. The Morgan fingerprint density at radius 2 is 2.05 bits per heavy atom. The third kappa shape index (κ3) is 4.26. The topological polar surface area (TPSA) is 71.5 Å². The molecule has 1 aromatic heterocycles. The number of carbonyl (C=O) groups is 1. The van der Waals surface area contributed by atoms with Gasteiger partial charge in [-0.25, -0.2) is 0 Å². The van der Waals surface area contributed by atoms with Gasteiger partial charge in [0, 0.05) is 12.1 Å². The van der Waals surface area contributed by atoms with Crippen LogP contribution in [0, 0.1) is 20.8 Å². The molecule has 110 valence electrons. The summed E-state index contributed by atoms with van der Waals surface area (Å²) in [5.41, 5.74) is 2.10. The standard InChI is InChI=1S/C15H22N2O3/c1-5-13(18)16-8-6-7-9-20-15-10(2)14(19)11(3)17-12(15)4/h5,19H,1,6-9H2,2-4H3,(H,16,18). The maximum atomic E-state index is 10.9. The van der Waals surface area contributed by atoms with Crippen molar-refractivity contribution in [2.24, 2.45) is 0 Å². The molecule has 0 aliphatic heterocycles. The summed E-state index contributed by atoms with van der Waals surface area (Å²) in [6, 6.07) is 0. The van der Waals surface area contributed by atoms with Gasteiger partial charge in [-0.1, -0.05) is 6.58 Å². The first-order chi connectivity index (χ1) is 9.47. The number of nitrogens with one attached hydrogen (secondary N) is 1. The SMILES string of the molecule is C=CC(=O)NCCCCOc1c(C)nc(C)c(O)c1C. The number of aromatic hydroxyl groups is 1. The van der Waals surface area contributed by atoms with Crippen molar-refractivity contribution >= 4 is 5.91 Å². The molecule has 1 rings (SSSR count). The second-order valence-electron chi connectivity index (χ2n) is 4.64.